The predicted molar refractivity (Wildman–Crippen MR) is 149 cm³/mol. The Kier molecular flexibility index (Phi) is 9.69. The second-order valence-corrected chi connectivity index (χ2v) is 11.2. The van der Waals surface area contributed by atoms with Gasteiger partial charge in [0.1, 0.15) is 12.4 Å². The summed E-state index contributed by atoms with van der Waals surface area (Å²) >= 11 is 15.9. The molecule has 6 nitrogen and oxygen atoms in total. The van der Waals surface area contributed by atoms with Crippen LogP contribution in [0.2, 0.25) is 10.0 Å². The molecule has 1 heterocycles. The maximum atomic E-state index is 12.1. The molecule has 0 unspecified atom stereocenters. The number of halogens is 2. The number of benzene rings is 3. The van der Waals surface area contributed by atoms with Crippen LogP contribution < -0.4 is 19.6 Å². The fourth-order valence-electron chi connectivity index (χ4n) is 3.31. The van der Waals surface area contributed by atoms with Crippen molar-refractivity contribution in [3.05, 3.63) is 87.4 Å². The number of hydrazone groups is 1. The molecule has 1 fully saturated rings. The monoisotopic (exact) mass is 562 g/mol. The van der Waals surface area contributed by atoms with E-state index in [-0.39, 0.29) is 12.5 Å². The molecule has 36 heavy (non-hydrogen) atoms. The molecule has 1 aliphatic rings. The molecule has 1 aliphatic heterocycles. The van der Waals surface area contributed by atoms with Crippen LogP contribution in [-0.2, 0) is 11.4 Å². The van der Waals surface area contributed by atoms with Crippen molar-refractivity contribution in [3.63, 3.8) is 0 Å². The van der Waals surface area contributed by atoms with Gasteiger partial charge in [-0.05, 0) is 59.2 Å². The van der Waals surface area contributed by atoms with Crippen molar-refractivity contribution in [2.75, 3.05) is 25.2 Å². The molecule has 1 N–H and O–H groups in total. The molecule has 0 atom stereocenters. The number of hydrogen-bond acceptors (Lipinski definition) is 7. The number of amides is 1. The Bertz CT molecular complexity index is 1220. The SMILES string of the molecule is COc1cc(/C=N\NC(=O)COc2ccc(C3SCCS3)cc2)ccc1OCc1ccc(Cl)c(Cl)c1. The molecular weight excluding hydrogens is 539 g/mol. The van der Waals surface area contributed by atoms with Gasteiger partial charge in [0.25, 0.3) is 5.91 Å². The fourth-order valence-corrected chi connectivity index (χ4v) is 6.49. The van der Waals surface area contributed by atoms with Gasteiger partial charge in [0.05, 0.1) is 28.0 Å². The van der Waals surface area contributed by atoms with E-state index in [4.69, 9.17) is 37.4 Å². The number of nitrogens with zero attached hydrogens (tertiary/aromatic N) is 1. The number of thioether (sulfide) groups is 2. The standard InChI is InChI=1S/C26H24Cl2N2O4S2/c1-32-24-13-17(3-9-23(24)34-15-18-2-8-21(27)22(28)12-18)14-29-30-25(31)16-33-20-6-4-19(5-7-20)26-35-10-11-36-26/h2-9,12-14,26H,10-11,15-16H2,1H3,(H,30,31)/b29-14-. The second-order valence-electron chi connectivity index (χ2n) is 7.67. The molecule has 0 aliphatic carbocycles. The number of rotatable bonds is 10. The van der Waals surface area contributed by atoms with Crippen molar-refractivity contribution < 1.29 is 19.0 Å². The molecule has 188 valence electrons. The van der Waals surface area contributed by atoms with Gasteiger partial charge in [-0.3, -0.25) is 4.79 Å². The van der Waals surface area contributed by atoms with E-state index in [1.54, 1.807) is 37.4 Å². The summed E-state index contributed by atoms with van der Waals surface area (Å²) in [6.45, 7) is 0.173. The summed E-state index contributed by atoms with van der Waals surface area (Å²) in [4.78, 5) is 12.1. The van der Waals surface area contributed by atoms with E-state index in [1.807, 2.05) is 53.9 Å². The third-order valence-electron chi connectivity index (χ3n) is 5.11. The number of carbonyl (C=O) groups excluding carboxylic acids is 1. The van der Waals surface area contributed by atoms with Gasteiger partial charge in [-0.1, -0.05) is 41.4 Å². The van der Waals surface area contributed by atoms with Crippen molar-refractivity contribution in [1.82, 2.24) is 5.43 Å². The van der Waals surface area contributed by atoms with Crippen LogP contribution in [-0.4, -0.2) is 37.3 Å². The van der Waals surface area contributed by atoms with Crippen LogP contribution in [0.5, 0.6) is 17.2 Å². The Hall–Kier alpha value is -2.52. The van der Waals surface area contributed by atoms with Crippen LogP contribution in [0.25, 0.3) is 0 Å². The van der Waals surface area contributed by atoms with Crippen molar-refractivity contribution >= 4 is 58.8 Å². The highest BCUT2D eigenvalue weighted by Crippen LogP contribution is 2.45. The molecule has 0 bridgehead atoms. The lowest BCUT2D eigenvalue weighted by Crippen LogP contribution is -2.24. The smallest absolute Gasteiger partial charge is 0.277 e. The van der Waals surface area contributed by atoms with E-state index in [2.05, 4.69) is 10.5 Å². The minimum Gasteiger partial charge on any atom is -0.493 e. The molecular formula is C26H24Cl2N2O4S2. The number of hydrogen-bond donors (Lipinski definition) is 1. The molecule has 1 amide bonds. The van der Waals surface area contributed by atoms with Gasteiger partial charge in [0.15, 0.2) is 18.1 Å². The van der Waals surface area contributed by atoms with Gasteiger partial charge in [-0.15, -0.1) is 23.5 Å². The predicted octanol–water partition coefficient (Wildman–Crippen LogP) is 6.59. The quantitative estimate of drug-likeness (QED) is 0.222. The van der Waals surface area contributed by atoms with Gasteiger partial charge in [-0.25, -0.2) is 5.43 Å². The van der Waals surface area contributed by atoms with E-state index in [9.17, 15) is 4.79 Å². The summed E-state index contributed by atoms with van der Waals surface area (Å²) in [6.07, 6.45) is 1.52. The Morgan fingerprint density at radius 2 is 1.78 bits per heavy atom. The van der Waals surface area contributed by atoms with Crippen LogP contribution in [0, 0.1) is 0 Å². The molecule has 0 saturated carbocycles. The van der Waals surface area contributed by atoms with Crippen LogP contribution in [0.3, 0.4) is 0 Å². The third kappa shape index (κ3) is 7.49. The first-order valence-electron chi connectivity index (χ1n) is 11.0. The zero-order valence-corrected chi connectivity index (χ0v) is 22.6. The third-order valence-corrected chi connectivity index (χ3v) is 8.96. The maximum Gasteiger partial charge on any atom is 0.277 e. The first-order valence-corrected chi connectivity index (χ1v) is 13.9. The summed E-state index contributed by atoms with van der Waals surface area (Å²) in [5.41, 5.74) is 5.35. The minimum absolute atomic E-state index is 0.131. The Morgan fingerprint density at radius 1 is 1.00 bits per heavy atom. The molecule has 4 rings (SSSR count). The van der Waals surface area contributed by atoms with Gasteiger partial charge in [-0.2, -0.15) is 5.10 Å². The first-order chi connectivity index (χ1) is 17.5. The van der Waals surface area contributed by atoms with Gasteiger partial charge >= 0.3 is 0 Å². The minimum atomic E-state index is -0.356. The Labute approximate surface area is 228 Å². The summed E-state index contributed by atoms with van der Waals surface area (Å²) in [6, 6.07) is 18.6. The highest BCUT2D eigenvalue weighted by Gasteiger charge is 2.18. The molecule has 0 radical (unpaired) electrons. The largest absolute Gasteiger partial charge is 0.493 e. The highest BCUT2D eigenvalue weighted by atomic mass is 35.5. The molecule has 0 aromatic heterocycles. The second kappa shape index (κ2) is 13.1. The summed E-state index contributed by atoms with van der Waals surface area (Å²) < 4.78 is 17.3. The average molecular weight is 564 g/mol. The number of carbonyl (C=O) groups is 1. The van der Waals surface area contributed by atoms with E-state index < -0.39 is 0 Å². The summed E-state index contributed by atoms with van der Waals surface area (Å²) in [5.74, 6) is 3.75. The number of ether oxygens (including phenoxy) is 3. The lowest BCUT2D eigenvalue weighted by Gasteiger charge is -2.12. The van der Waals surface area contributed by atoms with Crippen molar-refractivity contribution in [3.8, 4) is 17.2 Å². The molecule has 10 heteroatoms. The number of methoxy groups -OCH3 is 1. The number of nitrogens with one attached hydrogen (secondary N) is 1. The molecule has 0 spiro atoms. The lowest BCUT2D eigenvalue weighted by atomic mass is 10.2. The zero-order valence-electron chi connectivity index (χ0n) is 19.4. The van der Waals surface area contributed by atoms with Crippen LogP contribution >= 0.6 is 46.7 Å². The highest BCUT2D eigenvalue weighted by molar-refractivity contribution is 8.19. The average Bonchev–Trinajstić information content (AvgIpc) is 3.44. The normalized spacial score (nSPS) is 13.6. The summed E-state index contributed by atoms with van der Waals surface area (Å²) in [5, 5.41) is 4.97. The van der Waals surface area contributed by atoms with Crippen molar-refractivity contribution in [2.24, 2.45) is 5.10 Å². The van der Waals surface area contributed by atoms with E-state index in [1.165, 1.54) is 23.3 Å². The van der Waals surface area contributed by atoms with Crippen molar-refractivity contribution in [1.29, 1.82) is 0 Å². The van der Waals surface area contributed by atoms with Crippen LogP contribution in [0.4, 0.5) is 0 Å². The lowest BCUT2D eigenvalue weighted by molar-refractivity contribution is -0.123. The van der Waals surface area contributed by atoms with Gasteiger partial charge in [0.2, 0.25) is 0 Å². The summed E-state index contributed by atoms with van der Waals surface area (Å²) in [7, 11) is 1.55. The Morgan fingerprint density at radius 3 is 2.50 bits per heavy atom. The Balaban J connectivity index is 1.25. The fraction of sp³-hybridized carbons (Fsp3) is 0.231. The topological polar surface area (TPSA) is 69.2 Å². The van der Waals surface area contributed by atoms with Crippen molar-refractivity contribution in [2.45, 2.75) is 11.2 Å². The molecule has 3 aromatic rings. The van der Waals surface area contributed by atoms with E-state index in [0.29, 0.717) is 38.5 Å². The maximum absolute atomic E-state index is 12.1. The zero-order chi connectivity index (χ0) is 25.3. The van der Waals surface area contributed by atoms with Crippen LogP contribution in [0.1, 0.15) is 21.3 Å². The van der Waals surface area contributed by atoms with E-state index in [0.717, 1.165) is 11.1 Å². The van der Waals surface area contributed by atoms with Gasteiger partial charge in [0, 0.05) is 11.5 Å². The molecule has 1 saturated heterocycles. The first kappa shape index (κ1) is 26.5. The molecule has 3 aromatic carbocycles. The van der Waals surface area contributed by atoms with Crippen LogP contribution in [0.15, 0.2) is 65.8 Å². The van der Waals surface area contributed by atoms with Gasteiger partial charge < -0.3 is 14.2 Å². The van der Waals surface area contributed by atoms with E-state index >= 15 is 0 Å².